The first-order valence-electron chi connectivity index (χ1n) is 9.73. The Bertz CT molecular complexity index is 616. The molecule has 2 aliphatic rings. The van der Waals surface area contributed by atoms with Gasteiger partial charge in [-0.05, 0) is 56.8 Å². The normalized spacial score (nSPS) is 26.2. The van der Waals surface area contributed by atoms with Crippen LogP contribution in [0.25, 0.3) is 0 Å². The Morgan fingerprint density at radius 1 is 1.31 bits per heavy atom. The van der Waals surface area contributed by atoms with Crippen molar-refractivity contribution < 1.29 is 14.6 Å². The number of ether oxygens (including phenoxy) is 1. The van der Waals surface area contributed by atoms with Crippen LogP contribution in [0.2, 0.25) is 0 Å². The van der Waals surface area contributed by atoms with Crippen molar-refractivity contribution in [2.75, 3.05) is 39.9 Å². The second-order valence-electron chi connectivity index (χ2n) is 8.19. The molecule has 5 heteroatoms. The van der Waals surface area contributed by atoms with Gasteiger partial charge in [-0.1, -0.05) is 12.1 Å². The van der Waals surface area contributed by atoms with Crippen LogP contribution in [-0.4, -0.2) is 66.8 Å². The maximum absolute atomic E-state index is 12.8. The van der Waals surface area contributed by atoms with E-state index in [1.807, 2.05) is 29.2 Å². The topological polar surface area (TPSA) is 53.0 Å². The number of hydrogen-bond acceptors (Lipinski definition) is 4. The number of aliphatic hydroxyl groups excluding tert-OH is 1. The predicted octanol–water partition coefficient (Wildman–Crippen LogP) is 2.18. The molecule has 2 heterocycles. The van der Waals surface area contributed by atoms with Gasteiger partial charge in [0.15, 0.2) is 0 Å². The first-order chi connectivity index (χ1) is 12.5. The quantitative estimate of drug-likeness (QED) is 0.845. The number of amides is 1. The third-order valence-electron chi connectivity index (χ3n) is 6.28. The third-order valence-corrected chi connectivity index (χ3v) is 6.28. The van der Waals surface area contributed by atoms with E-state index in [4.69, 9.17) is 4.74 Å². The molecule has 0 aromatic heterocycles. The first kappa shape index (κ1) is 19.2. The van der Waals surface area contributed by atoms with Crippen molar-refractivity contribution in [3.8, 4) is 5.75 Å². The maximum Gasteiger partial charge on any atom is 0.222 e. The molecule has 5 nitrogen and oxygen atoms in total. The van der Waals surface area contributed by atoms with E-state index in [9.17, 15) is 9.90 Å². The number of aliphatic hydroxyl groups is 1. The Morgan fingerprint density at radius 2 is 2.04 bits per heavy atom. The summed E-state index contributed by atoms with van der Waals surface area (Å²) in [4.78, 5) is 17.2. The zero-order chi connectivity index (χ0) is 18.7. The van der Waals surface area contributed by atoms with Crippen LogP contribution < -0.4 is 4.74 Å². The molecule has 0 unspecified atom stereocenters. The molecule has 2 fully saturated rings. The fourth-order valence-electron chi connectivity index (χ4n) is 4.48. The first-order valence-corrected chi connectivity index (χ1v) is 9.73. The molecule has 0 spiro atoms. The number of benzene rings is 1. The van der Waals surface area contributed by atoms with Crippen LogP contribution in [0.1, 0.15) is 32.3 Å². The van der Waals surface area contributed by atoms with Crippen molar-refractivity contribution >= 4 is 5.91 Å². The fraction of sp³-hybridized carbons (Fsp3) is 0.667. The highest BCUT2D eigenvalue weighted by atomic mass is 16.5. The van der Waals surface area contributed by atoms with Crippen molar-refractivity contribution in [2.45, 2.75) is 39.2 Å². The summed E-state index contributed by atoms with van der Waals surface area (Å²) in [5.74, 6) is 1.47. The molecule has 1 amide bonds. The lowest BCUT2D eigenvalue weighted by Crippen LogP contribution is -2.52. The minimum atomic E-state index is -0.141. The standard InChI is InChI=1S/C21H32N2O3/c1-16(2)22-11-10-18-12-23(14-21(18,13-22)15-24)20(25)9-6-17-4-7-19(26-3)8-5-17/h4-5,7-8,16,18,24H,6,9-15H2,1-3H3/t18-,21+/m1/s1. The summed E-state index contributed by atoms with van der Waals surface area (Å²) in [6, 6.07) is 8.40. The van der Waals surface area contributed by atoms with Crippen LogP contribution in [0.3, 0.4) is 0 Å². The van der Waals surface area contributed by atoms with Gasteiger partial charge in [0.05, 0.1) is 13.7 Å². The van der Waals surface area contributed by atoms with E-state index in [0.717, 1.165) is 43.8 Å². The van der Waals surface area contributed by atoms with E-state index in [1.54, 1.807) is 7.11 Å². The molecule has 1 aromatic rings. The van der Waals surface area contributed by atoms with Gasteiger partial charge in [-0.25, -0.2) is 0 Å². The minimum absolute atomic E-state index is 0.141. The van der Waals surface area contributed by atoms with Crippen LogP contribution in [0, 0.1) is 11.3 Å². The van der Waals surface area contributed by atoms with Crippen LogP contribution in [0.15, 0.2) is 24.3 Å². The molecule has 3 rings (SSSR count). The van der Waals surface area contributed by atoms with E-state index in [2.05, 4.69) is 18.7 Å². The highest BCUT2D eigenvalue weighted by molar-refractivity contribution is 5.77. The summed E-state index contributed by atoms with van der Waals surface area (Å²) < 4.78 is 5.18. The maximum atomic E-state index is 12.8. The SMILES string of the molecule is COc1ccc(CCC(=O)N2C[C@H]3CCN(C(C)C)C[C@@]3(CO)C2)cc1. The van der Waals surface area contributed by atoms with Gasteiger partial charge in [-0.15, -0.1) is 0 Å². The van der Waals surface area contributed by atoms with Crippen LogP contribution in [-0.2, 0) is 11.2 Å². The summed E-state index contributed by atoms with van der Waals surface area (Å²) in [6.07, 6.45) is 2.34. The number of fused-ring (bicyclic) bond motifs is 1. The number of likely N-dealkylation sites (tertiary alicyclic amines) is 2. The molecule has 1 N–H and O–H groups in total. The van der Waals surface area contributed by atoms with E-state index >= 15 is 0 Å². The van der Waals surface area contributed by atoms with Crippen LogP contribution in [0.4, 0.5) is 0 Å². The second-order valence-corrected chi connectivity index (χ2v) is 8.19. The molecular formula is C21H32N2O3. The Morgan fingerprint density at radius 3 is 2.65 bits per heavy atom. The van der Waals surface area contributed by atoms with Crippen molar-refractivity contribution in [1.82, 2.24) is 9.80 Å². The molecule has 26 heavy (non-hydrogen) atoms. The summed E-state index contributed by atoms with van der Waals surface area (Å²) in [5.41, 5.74) is 1.01. The summed E-state index contributed by atoms with van der Waals surface area (Å²) in [5, 5.41) is 10.1. The number of aryl methyl sites for hydroxylation is 1. The smallest absolute Gasteiger partial charge is 0.222 e. The number of hydrogen-bond donors (Lipinski definition) is 1. The Labute approximate surface area is 156 Å². The number of rotatable bonds is 6. The lowest BCUT2D eigenvalue weighted by Gasteiger charge is -2.44. The highest BCUT2D eigenvalue weighted by Gasteiger charge is 2.50. The Hall–Kier alpha value is -1.59. The second kappa shape index (κ2) is 7.97. The monoisotopic (exact) mass is 360 g/mol. The van der Waals surface area contributed by atoms with Crippen molar-refractivity contribution in [3.05, 3.63) is 29.8 Å². The van der Waals surface area contributed by atoms with Crippen molar-refractivity contribution in [1.29, 1.82) is 0 Å². The van der Waals surface area contributed by atoms with E-state index in [-0.39, 0.29) is 17.9 Å². The minimum Gasteiger partial charge on any atom is -0.497 e. The molecule has 144 valence electrons. The average molecular weight is 360 g/mol. The number of nitrogens with zero attached hydrogens (tertiary/aromatic N) is 2. The highest BCUT2D eigenvalue weighted by Crippen LogP contribution is 2.42. The van der Waals surface area contributed by atoms with Crippen LogP contribution in [0.5, 0.6) is 5.75 Å². The van der Waals surface area contributed by atoms with Crippen molar-refractivity contribution in [3.63, 3.8) is 0 Å². The lowest BCUT2D eigenvalue weighted by atomic mass is 9.73. The number of carbonyl (C=O) groups is 1. The molecular weight excluding hydrogens is 328 g/mol. The van der Waals surface area contributed by atoms with E-state index in [0.29, 0.717) is 24.9 Å². The fourth-order valence-corrected chi connectivity index (χ4v) is 4.48. The molecule has 0 radical (unpaired) electrons. The van der Waals surface area contributed by atoms with E-state index < -0.39 is 0 Å². The van der Waals surface area contributed by atoms with Gasteiger partial charge < -0.3 is 19.6 Å². The van der Waals surface area contributed by atoms with Crippen molar-refractivity contribution in [2.24, 2.45) is 11.3 Å². The van der Waals surface area contributed by atoms with Gasteiger partial charge in [-0.2, -0.15) is 0 Å². The average Bonchev–Trinajstić information content (AvgIpc) is 3.06. The molecule has 2 atom stereocenters. The Balaban J connectivity index is 1.59. The lowest BCUT2D eigenvalue weighted by molar-refractivity contribution is -0.130. The zero-order valence-corrected chi connectivity index (χ0v) is 16.3. The van der Waals surface area contributed by atoms with Gasteiger partial charge in [0.2, 0.25) is 5.91 Å². The molecule has 0 aliphatic carbocycles. The van der Waals surface area contributed by atoms with Gasteiger partial charge in [0.25, 0.3) is 0 Å². The van der Waals surface area contributed by atoms with Gasteiger partial charge >= 0.3 is 0 Å². The van der Waals surface area contributed by atoms with Gasteiger partial charge in [-0.3, -0.25) is 4.79 Å². The van der Waals surface area contributed by atoms with E-state index in [1.165, 1.54) is 0 Å². The summed E-state index contributed by atoms with van der Waals surface area (Å²) >= 11 is 0. The largest absolute Gasteiger partial charge is 0.497 e. The molecule has 0 saturated carbocycles. The number of carbonyl (C=O) groups excluding carboxylic acids is 1. The third kappa shape index (κ3) is 3.89. The van der Waals surface area contributed by atoms with Gasteiger partial charge in [0, 0.05) is 37.5 Å². The molecule has 0 bridgehead atoms. The zero-order valence-electron chi connectivity index (χ0n) is 16.3. The van der Waals surface area contributed by atoms with Crippen LogP contribution >= 0.6 is 0 Å². The molecule has 1 aromatic carbocycles. The Kier molecular flexibility index (Phi) is 5.88. The predicted molar refractivity (Wildman–Crippen MR) is 102 cm³/mol. The number of methoxy groups -OCH3 is 1. The summed E-state index contributed by atoms with van der Waals surface area (Å²) in [7, 11) is 1.66. The number of piperidine rings is 1. The summed E-state index contributed by atoms with van der Waals surface area (Å²) in [6.45, 7) is 8.04. The van der Waals surface area contributed by atoms with Gasteiger partial charge in [0.1, 0.15) is 5.75 Å². The molecule has 2 saturated heterocycles. The molecule has 2 aliphatic heterocycles.